The van der Waals surface area contributed by atoms with Gasteiger partial charge >= 0.3 is 12.3 Å². The van der Waals surface area contributed by atoms with E-state index in [1.54, 1.807) is 0 Å². The van der Waals surface area contributed by atoms with Crippen LogP contribution in [0.1, 0.15) is 12.8 Å². The first-order chi connectivity index (χ1) is 5.59. The maximum Gasteiger partial charge on any atom is 0.506 e. The van der Waals surface area contributed by atoms with Gasteiger partial charge in [0.25, 0.3) is 0 Å². The van der Waals surface area contributed by atoms with Crippen LogP contribution in [0, 0.1) is 0 Å². The summed E-state index contributed by atoms with van der Waals surface area (Å²) >= 11 is 0. The van der Waals surface area contributed by atoms with Gasteiger partial charge in [-0.25, -0.2) is 9.59 Å². The molecule has 1 rings (SSSR count). The van der Waals surface area contributed by atoms with E-state index in [2.05, 4.69) is 9.47 Å². The predicted molar refractivity (Wildman–Crippen MR) is 35.0 cm³/mol. The van der Waals surface area contributed by atoms with Crippen molar-refractivity contribution < 1.29 is 29.3 Å². The Morgan fingerprint density at radius 1 is 1.00 bits per heavy atom. The summed E-state index contributed by atoms with van der Waals surface area (Å²) < 4.78 is 8.66. The first kappa shape index (κ1) is 8.63. The van der Waals surface area contributed by atoms with E-state index in [0.29, 0.717) is 12.8 Å². The Labute approximate surface area is 67.7 Å². The van der Waals surface area contributed by atoms with Crippen LogP contribution >= 0.6 is 0 Å². The largest absolute Gasteiger partial charge is 0.506 e. The summed E-state index contributed by atoms with van der Waals surface area (Å²) in [5.74, 6) is 0. The molecule has 68 valence electrons. The van der Waals surface area contributed by atoms with Crippen LogP contribution in [0.3, 0.4) is 0 Å². The van der Waals surface area contributed by atoms with E-state index >= 15 is 0 Å². The molecule has 0 aliphatic heterocycles. The average molecular weight is 176 g/mol. The van der Waals surface area contributed by atoms with Gasteiger partial charge in [0.2, 0.25) is 0 Å². The number of carboxylic acid groups (broad SMARTS) is 2. The molecule has 0 aromatic rings. The summed E-state index contributed by atoms with van der Waals surface area (Å²) in [6.07, 6.45) is -3.02. The molecule has 2 N–H and O–H groups in total. The van der Waals surface area contributed by atoms with Crippen LogP contribution in [0.2, 0.25) is 0 Å². The van der Waals surface area contributed by atoms with E-state index < -0.39 is 24.5 Å². The minimum absolute atomic E-state index is 0.518. The van der Waals surface area contributed by atoms with E-state index in [1.165, 1.54) is 0 Å². The highest BCUT2D eigenvalue weighted by Crippen LogP contribution is 2.26. The van der Waals surface area contributed by atoms with Crippen LogP contribution in [0.15, 0.2) is 0 Å². The Balaban J connectivity index is 2.29. The van der Waals surface area contributed by atoms with Gasteiger partial charge in [0.05, 0.1) is 0 Å². The number of hydrogen-bond donors (Lipinski definition) is 2. The number of ether oxygens (including phenoxy) is 2. The Morgan fingerprint density at radius 3 is 1.50 bits per heavy atom. The molecular formula is C6H8O6. The van der Waals surface area contributed by atoms with Crippen molar-refractivity contribution in [2.75, 3.05) is 0 Å². The molecule has 6 heteroatoms. The molecule has 0 amide bonds. The molecule has 12 heavy (non-hydrogen) atoms. The summed E-state index contributed by atoms with van der Waals surface area (Å²) in [6.45, 7) is 0. The molecule has 0 unspecified atom stereocenters. The standard InChI is InChI=1S/C6H8O6/c7-5(8)11-3-1-2-4(3)12-6(9)10/h3-4H,1-2H2,(H,7,8)(H,9,10)/t3-,4-/m1/s1. The highest BCUT2D eigenvalue weighted by molar-refractivity contribution is 5.58. The minimum Gasteiger partial charge on any atom is -0.450 e. The van der Waals surface area contributed by atoms with Gasteiger partial charge in [-0.3, -0.25) is 0 Å². The quantitative estimate of drug-likeness (QED) is 0.607. The molecular weight excluding hydrogens is 168 g/mol. The molecule has 0 aromatic heterocycles. The maximum atomic E-state index is 10.0. The highest BCUT2D eigenvalue weighted by atomic mass is 16.7. The first-order valence-corrected chi connectivity index (χ1v) is 3.38. The van der Waals surface area contributed by atoms with Crippen molar-refractivity contribution in [2.45, 2.75) is 25.0 Å². The lowest BCUT2D eigenvalue weighted by Crippen LogP contribution is -2.43. The second-order valence-corrected chi connectivity index (χ2v) is 2.42. The Hall–Kier alpha value is -1.46. The van der Waals surface area contributed by atoms with Crippen molar-refractivity contribution in [2.24, 2.45) is 0 Å². The average Bonchev–Trinajstić information content (AvgIpc) is 1.93. The molecule has 0 aromatic carbocycles. The lowest BCUT2D eigenvalue weighted by molar-refractivity contribution is -0.0895. The summed E-state index contributed by atoms with van der Waals surface area (Å²) in [6, 6.07) is 0. The molecule has 0 heterocycles. The van der Waals surface area contributed by atoms with Crippen molar-refractivity contribution >= 4 is 12.3 Å². The zero-order valence-corrected chi connectivity index (χ0v) is 6.10. The van der Waals surface area contributed by atoms with Crippen LogP contribution in [0.4, 0.5) is 9.59 Å². The highest BCUT2D eigenvalue weighted by Gasteiger charge is 2.37. The summed E-state index contributed by atoms with van der Waals surface area (Å²) in [5, 5.41) is 16.4. The SMILES string of the molecule is O=C(O)O[C@@H]1CC[C@H]1OC(=O)O. The van der Waals surface area contributed by atoms with E-state index in [1.807, 2.05) is 0 Å². The fraction of sp³-hybridized carbons (Fsp3) is 0.667. The summed E-state index contributed by atoms with van der Waals surface area (Å²) in [5.41, 5.74) is 0. The third-order valence-corrected chi connectivity index (χ3v) is 1.65. The molecule has 6 nitrogen and oxygen atoms in total. The molecule has 0 saturated heterocycles. The van der Waals surface area contributed by atoms with Crippen LogP contribution in [-0.2, 0) is 9.47 Å². The monoisotopic (exact) mass is 176 g/mol. The van der Waals surface area contributed by atoms with Gasteiger partial charge in [0.1, 0.15) is 12.2 Å². The van der Waals surface area contributed by atoms with E-state index in [-0.39, 0.29) is 0 Å². The third kappa shape index (κ3) is 2.01. The number of hydrogen-bond acceptors (Lipinski definition) is 4. The molecule has 0 spiro atoms. The third-order valence-electron chi connectivity index (χ3n) is 1.65. The van der Waals surface area contributed by atoms with Crippen molar-refractivity contribution in [1.82, 2.24) is 0 Å². The van der Waals surface area contributed by atoms with Crippen LogP contribution in [-0.4, -0.2) is 34.7 Å². The van der Waals surface area contributed by atoms with Gasteiger partial charge in [-0.1, -0.05) is 0 Å². The minimum atomic E-state index is -1.40. The fourth-order valence-electron chi connectivity index (χ4n) is 0.967. The second-order valence-electron chi connectivity index (χ2n) is 2.42. The smallest absolute Gasteiger partial charge is 0.450 e. The van der Waals surface area contributed by atoms with Gasteiger partial charge in [-0.05, 0) is 12.8 Å². The van der Waals surface area contributed by atoms with E-state index in [0.717, 1.165) is 0 Å². The predicted octanol–water partition coefficient (Wildman–Crippen LogP) is 0.907. The Morgan fingerprint density at radius 2 is 1.33 bits per heavy atom. The number of rotatable bonds is 2. The van der Waals surface area contributed by atoms with Crippen molar-refractivity contribution in [3.63, 3.8) is 0 Å². The Kier molecular flexibility index (Phi) is 2.37. The topological polar surface area (TPSA) is 93.1 Å². The lowest BCUT2D eigenvalue weighted by Gasteiger charge is -2.32. The second kappa shape index (κ2) is 3.29. The lowest BCUT2D eigenvalue weighted by atomic mass is 9.92. The molecule has 1 saturated carbocycles. The van der Waals surface area contributed by atoms with E-state index in [9.17, 15) is 9.59 Å². The van der Waals surface area contributed by atoms with Gasteiger partial charge in [-0.15, -0.1) is 0 Å². The fourth-order valence-corrected chi connectivity index (χ4v) is 0.967. The van der Waals surface area contributed by atoms with Gasteiger partial charge in [0.15, 0.2) is 0 Å². The normalized spacial score (nSPS) is 27.0. The zero-order valence-electron chi connectivity index (χ0n) is 6.10. The van der Waals surface area contributed by atoms with Crippen molar-refractivity contribution in [3.8, 4) is 0 Å². The molecule has 2 atom stereocenters. The van der Waals surface area contributed by atoms with Crippen LogP contribution < -0.4 is 0 Å². The molecule has 0 bridgehead atoms. The van der Waals surface area contributed by atoms with Gasteiger partial charge in [0, 0.05) is 0 Å². The zero-order chi connectivity index (χ0) is 9.14. The van der Waals surface area contributed by atoms with Crippen molar-refractivity contribution in [1.29, 1.82) is 0 Å². The molecule has 1 aliphatic carbocycles. The van der Waals surface area contributed by atoms with Crippen molar-refractivity contribution in [3.05, 3.63) is 0 Å². The maximum absolute atomic E-state index is 10.0. The molecule has 0 radical (unpaired) electrons. The molecule has 1 aliphatic rings. The number of carbonyl (C=O) groups is 2. The van der Waals surface area contributed by atoms with E-state index in [4.69, 9.17) is 10.2 Å². The molecule has 1 fully saturated rings. The van der Waals surface area contributed by atoms with Gasteiger partial charge < -0.3 is 19.7 Å². The Bertz CT molecular complexity index is 178. The van der Waals surface area contributed by atoms with Crippen LogP contribution in [0.5, 0.6) is 0 Å². The summed E-state index contributed by atoms with van der Waals surface area (Å²) in [4.78, 5) is 20.0. The first-order valence-electron chi connectivity index (χ1n) is 3.38. The van der Waals surface area contributed by atoms with Crippen LogP contribution in [0.25, 0.3) is 0 Å². The van der Waals surface area contributed by atoms with Gasteiger partial charge in [-0.2, -0.15) is 0 Å². The summed E-state index contributed by atoms with van der Waals surface area (Å²) in [7, 11) is 0.